The van der Waals surface area contributed by atoms with E-state index in [1.807, 2.05) is 44.4 Å². The zero-order chi connectivity index (χ0) is 18.7. The molecule has 0 bridgehead atoms. The lowest BCUT2D eigenvalue weighted by molar-refractivity contribution is 0.0955. The van der Waals surface area contributed by atoms with Gasteiger partial charge >= 0.3 is 0 Å². The monoisotopic (exact) mass is 429 g/mol. The first-order valence-electron chi connectivity index (χ1n) is 7.95. The van der Waals surface area contributed by atoms with Gasteiger partial charge in [-0.25, -0.2) is 5.43 Å². The van der Waals surface area contributed by atoms with Crippen LogP contribution in [0.15, 0.2) is 64.2 Å². The molecule has 0 aliphatic rings. The molecule has 0 aromatic heterocycles. The van der Waals surface area contributed by atoms with Gasteiger partial charge in [-0.3, -0.25) is 4.79 Å². The van der Waals surface area contributed by atoms with E-state index in [4.69, 9.17) is 11.6 Å². The Balaban J connectivity index is 1.86. The third-order valence-electron chi connectivity index (χ3n) is 3.96. The highest BCUT2D eigenvalue weighted by Gasteiger charge is 2.10. The minimum atomic E-state index is -0.359. The van der Waals surface area contributed by atoms with Crippen LogP contribution in [0.2, 0.25) is 5.02 Å². The van der Waals surface area contributed by atoms with Gasteiger partial charge in [0.05, 0.1) is 16.8 Å². The van der Waals surface area contributed by atoms with Crippen LogP contribution >= 0.6 is 27.5 Å². The summed E-state index contributed by atoms with van der Waals surface area (Å²) >= 11 is 9.41. The number of benzene rings is 3. The topological polar surface area (TPSA) is 44.7 Å². The Morgan fingerprint density at radius 3 is 2.58 bits per heavy atom. The van der Waals surface area contributed by atoms with Crippen LogP contribution in [0.5, 0.6) is 0 Å². The molecule has 0 fully saturated rings. The highest BCUT2D eigenvalue weighted by Crippen LogP contribution is 2.27. The van der Waals surface area contributed by atoms with Crippen molar-refractivity contribution in [1.82, 2.24) is 5.43 Å². The first kappa shape index (κ1) is 18.4. The fourth-order valence-corrected chi connectivity index (χ4v) is 3.27. The van der Waals surface area contributed by atoms with Crippen molar-refractivity contribution in [3.63, 3.8) is 0 Å². The van der Waals surface area contributed by atoms with E-state index in [0.29, 0.717) is 10.6 Å². The van der Waals surface area contributed by atoms with Crippen molar-refractivity contribution in [2.45, 2.75) is 0 Å². The molecule has 0 aliphatic carbocycles. The van der Waals surface area contributed by atoms with E-state index in [-0.39, 0.29) is 5.91 Å². The normalized spacial score (nSPS) is 11.1. The van der Waals surface area contributed by atoms with E-state index >= 15 is 0 Å². The summed E-state index contributed by atoms with van der Waals surface area (Å²) < 4.78 is 0.779. The number of halogens is 2. The van der Waals surface area contributed by atoms with Gasteiger partial charge in [-0.2, -0.15) is 5.10 Å². The molecule has 26 heavy (non-hydrogen) atoms. The second kappa shape index (κ2) is 7.89. The van der Waals surface area contributed by atoms with Gasteiger partial charge in [-0.05, 0) is 29.7 Å². The van der Waals surface area contributed by atoms with Crippen molar-refractivity contribution < 1.29 is 4.79 Å². The molecule has 0 radical (unpaired) electrons. The Kier molecular flexibility index (Phi) is 5.59. The third kappa shape index (κ3) is 3.89. The largest absolute Gasteiger partial charge is 0.377 e. The molecule has 0 unspecified atom stereocenters. The van der Waals surface area contributed by atoms with Gasteiger partial charge < -0.3 is 4.90 Å². The highest BCUT2D eigenvalue weighted by molar-refractivity contribution is 9.10. The third-order valence-corrected chi connectivity index (χ3v) is 4.78. The van der Waals surface area contributed by atoms with Crippen LogP contribution in [-0.2, 0) is 0 Å². The number of rotatable bonds is 4. The lowest BCUT2D eigenvalue weighted by atomic mass is 10.0. The highest BCUT2D eigenvalue weighted by atomic mass is 79.9. The zero-order valence-corrected chi connectivity index (χ0v) is 16.7. The second-order valence-electron chi connectivity index (χ2n) is 5.94. The molecule has 6 heteroatoms. The molecule has 132 valence electrons. The summed E-state index contributed by atoms with van der Waals surface area (Å²) in [6, 6.07) is 17.2. The standard InChI is InChI=1S/C20H17BrClN3O/c1-25(2)19-10-7-13(15-5-3-4-6-16(15)19)12-23-24-20(26)17-11-14(21)8-9-18(17)22/h3-12H,1-2H3,(H,24,26). The number of amides is 1. The molecule has 3 aromatic rings. The summed E-state index contributed by atoms with van der Waals surface area (Å²) in [5, 5.41) is 6.67. The second-order valence-corrected chi connectivity index (χ2v) is 7.26. The summed E-state index contributed by atoms with van der Waals surface area (Å²) in [6.07, 6.45) is 1.64. The zero-order valence-electron chi connectivity index (χ0n) is 14.3. The van der Waals surface area contributed by atoms with E-state index in [0.717, 1.165) is 26.5 Å². The number of nitrogens with one attached hydrogen (secondary N) is 1. The molecule has 0 spiro atoms. The van der Waals surface area contributed by atoms with Crippen molar-refractivity contribution in [2.24, 2.45) is 5.10 Å². The lowest BCUT2D eigenvalue weighted by Gasteiger charge is -2.16. The van der Waals surface area contributed by atoms with Crippen LogP contribution in [-0.4, -0.2) is 26.2 Å². The number of hydrazone groups is 1. The molecule has 3 rings (SSSR count). The van der Waals surface area contributed by atoms with Crippen molar-refractivity contribution in [1.29, 1.82) is 0 Å². The molecule has 0 saturated heterocycles. The molecule has 1 amide bonds. The minimum absolute atomic E-state index is 0.359. The summed E-state index contributed by atoms with van der Waals surface area (Å²) in [4.78, 5) is 14.3. The van der Waals surface area contributed by atoms with Crippen molar-refractivity contribution in [3.05, 3.63) is 75.2 Å². The maximum Gasteiger partial charge on any atom is 0.272 e. The molecular formula is C20H17BrClN3O. The van der Waals surface area contributed by atoms with E-state index in [9.17, 15) is 4.79 Å². The Bertz CT molecular complexity index is 1000. The quantitative estimate of drug-likeness (QED) is 0.463. The van der Waals surface area contributed by atoms with Crippen LogP contribution in [0.3, 0.4) is 0 Å². The molecule has 1 N–H and O–H groups in total. The Morgan fingerprint density at radius 1 is 1.12 bits per heavy atom. The summed E-state index contributed by atoms with van der Waals surface area (Å²) in [5.74, 6) is -0.359. The van der Waals surface area contributed by atoms with Gasteiger partial charge in [0.25, 0.3) is 5.91 Å². The number of nitrogens with zero attached hydrogens (tertiary/aromatic N) is 2. The Morgan fingerprint density at radius 2 is 1.85 bits per heavy atom. The van der Waals surface area contributed by atoms with Gasteiger partial charge in [0.2, 0.25) is 0 Å². The molecular weight excluding hydrogens is 414 g/mol. The smallest absolute Gasteiger partial charge is 0.272 e. The summed E-state index contributed by atoms with van der Waals surface area (Å²) in [5.41, 5.74) is 4.95. The van der Waals surface area contributed by atoms with Gasteiger partial charge in [0, 0.05) is 35.2 Å². The predicted octanol–water partition coefficient (Wildman–Crippen LogP) is 5.09. The van der Waals surface area contributed by atoms with Crippen LogP contribution in [0.1, 0.15) is 15.9 Å². The fourth-order valence-electron chi connectivity index (χ4n) is 2.70. The van der Waals surface area contributed by atoms with Crippen LogP contribution in [0.4, 0.5) is 5.69 Å². The number of carbonyl (C=O) groups is 1. The molecule has 4 nitrogen and oxygen atoms in total. The average Bonchev–Trinajstić information content (AvgIpc) is 2.63. The maximum atomic E-state index is 12.3. The number of anilines is 1. The Hall–Kier alpha value is -2.37. The summed E-state index contributed by atoms with van der Waals surface area (Å²) in [7, 11) is 4.02. The molecule has 3 aromatic carbocycles. The number of fused-ring (bicyclic) bond motifs is 1. The van der Waals surface area contributed by atoms with Gasteiger partial charge in [0.1, 0.15) is 0 Å². The van der Waals surface area contributed by atoms with Gasteiger partial charge in [-0.15, -0.1) is 0 Å². The van der Waals surface area contributed by atoms with Crippen molar-refractivity contribution in [3.8, 4) is 0 Å². The van der Waals surface area contributed by atoms with E-state index in [1.54, 1.807) is 24.4 Å². The minimum Gasteiger partial charge on any atom is -0.377 e. The molecule has 0 aliphatic heterocycles. The van der Waals surface area contributed by atoms with Gasteiger partial charge in [-0.1, -0.05) is 57.9 Å². The van der Waals surface area contributed by atoms with Crippen LogP contribution < -0.4 is 10.3 Å². The Labute approximate surface area is 165 Å². The molecule has 0 saturated carbocycles. The van der Waals surface area contributed by atoms with Crippen LogP contribution in [0, 0.1) is 0 Å². The SMILES string of the molecule is CN(C)c1ccc(C=NNC(=O)c2cc(Br)ccc2Cl)c2ccccc12. The van der Waals surface area contributed by atoms with E-state index in [2.05, 4.69) is 37.4 Å². The first-order valence-corrected chi connectivity index (χ1v) is 9.12. The van der Waals surface area contributed by atoms with Crippen molar-refractivity contribution in [2.75, 3.05) is 19.0 Å². The number of hydrogen-bond acceptors (Lipinski definition) is 3. The first-order chi connectivity index (χ1) is 12.5. The maximum absolute atomic E-state index is 12.3. The fraction of sp³-hybridized carbons (Fsp3) is 0.100. The summed E-state index contributed by atoms with van der Waals surface area (Å²) in [6.45, 7) is 0. The van der Waals surface area contributed by atoms with Gasteiger partial charge in [0.15, 0.2) is 0 Å². The average molecular weight is 431 g/mol. The van der Waals surface area contributed by atoms with Crippen molar-refractivity contribution >= 4 is 56.1 Å². The number of hydrogen-bond donors (Lipinski definition) is 1. The molecule has 0 atom stereocenters. The van der Waals surface area contributed by atoms with E-state index in [1.165, 1.54) is 0 Å². The molecule has 0 heterocycles. The number of carbonyl (C=O) groups excluding carboxylic acids is 1. The lowest BCUT2D eigenvalue weighted by Crippen LogP contribution is -2.18. The van der Waals surface area contributed by atoms with E-state index < -0.39 is 0 Å². The van der Waals surface area contributed by atoms with Crippen LogP contribution in [0.25, 0.3) is 10.8 Å². The predicted molar refractivity (Wildman–Crippen MR) is 112 cm³/mol.